The molecule has 4 nitrogen and oxygen atoms in total. The average Bonchev–Trinajstić information content (AvgIpc) is 2.88. The number of benzene rings is 1. The molecule has 96 valence electrons. The maximum atomic E-state index is 5.90. The van der Waals surface area contributed by atoms with Crippen LogP contribution in [0, 0.1) is 0 Å². The Hall–Kier alpha value is -1.81. The number of hydrogen-bond donors (Lipinski definition) is 1. The van der Waals surface area contributed by atoms with Crippen molar-refractivity contribution >= 4 is 0 Å². The second-order valence-corrected chi connectivity index (χ2v) is 4.09. The van der Waals surface area contributed by atoms with Crippen LogP contribution in [0.1, 0.15) is 32.1 Å². The van der Waals surface area contributed by atoms with Gasteiger partial charge in [-0.2, -0.15) is 0 Å². The van der Waals surface area contributed by atoms with Gasteiger partial charge in [0.25, 0.3) is 0 Å². The third-order valence-corrected chi connectivity index (χ3v) is 2.77. The number of nitrogens with two attached hydrogens (primary N) is 1. The minimum Gasteiger partial charge on any atom is -0.494 e. The molecule has 1 heterocycles. The van der Waals surface area contributed by atoms with Gasteiger partial charge in [0.15, 0.2) is 5.76 Å². The van der Waals surface area contributed by atoms with E-state index in [1.165, 1.54) is 0 Å². The Morgan fingerprint density at radius 1 is 1.33 bits per heavy atom. The van der Waals surface area contributed by atoms with Crippen LogP contribution in [-0.2, 0) is 0 Å². The molecule has 0 spiro atoms. The van der Waals surface area contributed by atoms with Crippen molar-refractivity contribution in [1.82, 2.24) is 5.16 Å². The zero-order valence-corrected chi connectivity index (χ0v) is 10.7. The van der Waals surface area contributed by atoms with Gasteiger partial charge in [-0.25, -0.2) is 0 Å². The predicted octanol–water partition coefficient (Wildman–Crippen LogP) is 3.15. The molecule has 2 aromatic rings. The molecule has 1 unspecified atom stereocenters. The Labute approximate surface area is 107 Å². The van der Waals surface area contributed by atoms with E-state index in [0.29, 0.717) is 12.4 Å². The summed E-state index contributed by atoms with van der Waals surface area (Å²) < 4.78 is 10.7. The number of hydrogen-bond acceptors (Lipinski definition) is 4. The van der Waals surface area contributed by atoms with Crippen molar-refractivity contribution in [1.29, 1.82) is 0 Å². The average molecular weight is 246 g/mol. The quantitative estimate of drug-likeness (QED) is 0.880. The number of aromatic nitrogens is 1. The van der Waals surface area contributed by atoms with Gasteiger partial charge in [0, 0.05) is 11.6 Å². The van der Waals surface area contributed by atoms with Gasteiger partial charge in [-0.3, -0.25) is 0 Å². The van der Waals surface area contributed by atoms with E-state index < -0.39 is 0 Å². The van der Waals surface area contributed by atoms with Gasteiger partial charge in [0.1, 0.15) is 11.4 Å². The molecule has 0 saturated heterocycles. The highest BCUT2D eigenvalue weighted by Crippen LogP contribution is 2.25. The number of ether oxygens (including phenoxy) is 1. The zero-order chi connectivity index (χ0) is 13.0. The van der Waals surface area contributed by atoms with Gasteiger partial charge in [0.2, 0.25) is 0 Å². The van der Waals surface area contributed by atoms with Crippen molar-refractivity contribution in [2.75, 3.05) is 6.61 Å². The van der Waals surface area contributed by atoms with Crippen LogP contribution in [0.25, 0.3) is 11.3 Å². The Morgan fingerprint density at radius 3 is 2.89 bits per heavy atom. The molecule has 0 aliphatic rings. The molecule has 0 bridgehead atoms. The second kappa shape index (κ2) is 5.69. The molecule has 0 amide bonds. The van der Waals surface area contributed by atoms with E-state index in [1.54, 1.807) is 0 Å². The van der Waals surface area contributed by atoms with E-state index in [1.807, 2.05) is 44.2 Å². The lowest BCUT2D eigenvalue weighted by Gasteiger charge is -2.03. The fraction of sp³-hybridized carbons (Fsp3) is 0.357. The van der Waals surface area contributed by atoms with Crippen LogP contribution in [0.4, 0.5) is 0 Å². The molecule has 1 atom stereocenters. The summed E-state index contributed by atoms with van der Waals surface area (Å²) in [5, 5.41) is 4.05. The standard InChI is InChI=1S/C14H18N2O2/c1-3-12(15)14-9-13(16-18-14)10-6-5-7-11(8-10)17-4-2/h5-9,12H,3-4,15H2,1-2H3. The molecule has 0 fully saturated rings. The van der Waals surface area contributed by atoms with E-state index in [-0.39, 0.29) is 6.04 Å². The van der Waals surface area contributed by atoms with Gasteiger partial charge >= 0.3 is 0 Å². The van der Waals surface area contributed by atoms with Crippen molar-refractivity contribution in [3.63, 3.8) is 0 Å². The molecule has 0 saturated carbocycles. The van der Waals surface area contributed by atoms with Gasteiger partial charge in [-0.05, 0) is 25.5 Å². The normalized spacial score (nSPS) is 12.4. The lowest BCUT2D eigenvalue weighted by molar-refractivity contribution is 0.340. The van der Waals surface area contributed by atoms with Crippen molar-refractivity contribution < 1.29 is 9.26 Å². The molecule has 2 rings (SSSR count). The molecule has 0 radical (unpaired) electrons. The summed E-state index contributed by atoms with van der Waals surface area (Å²) in [7, 11) is 0. The van der Waals surface area contributed by atoms with Crippen LogP contribution in [0.15, 0.2) is 34.9 Å². The van der Waals surface area contributed by atoms with E-state index >= 15 is 0 Å². The third kappa shape index (κ3) is 2.71. The maximum Gasteiger partial charge on any atom is 0.154 e. The Morgan fingerprint density at radius 2 is 2.17 bits per heavy atom. The molecular weight excluding hydrogens is 228 g/mol. The van der Waals surface area contributed by atoms with Gasteiger partial charge < -0.3 is 15.0 Å². The van der Waals surface area contributed by atoms with Crippen LogP contribution in [-0.4, -0.2) is 11.8 Å². The fourth-order valence-electron chi connectivity index (χ4n) is 1.71. The van der Waals surface area contributed by atoms with Crippen molar-refractivity contribution in [3.8, 4) is 17.0 Å². The smallest absolute Gasteiger partial charge is 0.154 e. The first kappa shape index (κ1) is 12.6. The highest BCUT2D eigenvalue weighted by Gasteiger charge is 2.12. The molecule has 0 aliphatic heterocycles. The molecule has 18 heavy (non-hydrogen) atoms. The predicted molar refractivity (Wildman–Crippen MR) is 70.3 cm³/mol. The highest BCUT2D eigenvalue weighted by molar-refractivity contribution is 5.61. The van der Waals surface area contributed by atoms with E-state index in [4.69, 9.17) is 15.0 Å². The summed E-state index contributed by atoms with van der Waals surface area (Å²) in [6.45, 7) is 4.62. The first-order valence-electron chi connectivity index (χ1n) is 6.20. The van der Waals surface area contributed by atoms with Crippen LogP contribution < -0.4 is 10.5 Å². The van der Waals surface area contributed by atoms with Crippen LogP contribution in [0.5, 0.6) is 5.75 Å². The van der Waals surface area contributed by atoms with Crippen LogP contribution >= 0.6 is 0 Å². The summed E-state index contributed by atoms with van der Waals surface area (Å²) in [5.74, 6) is 1.55. The lowest BCUT2D eigenvalue weighted by atomic mass is 10.1. The number of nitrogens with zero attached hydrogens (tertiary/aromatic N) is 1. The summed E-state index contributed by atoms with van der Waals surface area (Å²) >= 11 is 0. The van der Waals surface area contributed by atoms with Crippen molar-refractivity contribution in [2.24, 2.45) is 5.73 Å². The van der Waals surface area contributed by atoms with Crippen molar-refractivity contribution in [3.05, 3.63) is 36.1 Å². The lowest BCUT2D eigenvalue weighted by Crippen LogP contribution is -2.06. The van der Waals surface area contributed by atoms with E-state index in [9.17, 15) is 0 Å². The Balaban J connectivity index is 2.25. The monoisotopic (exact) mass is 246 g/mol. The molecular formula is C14H18N2O2. The first-order valence-corrected chi connectivity index (χ1v) is 6.20. The van der Waals surface area contributed by atoms with E-state index in [2.05, 4.69) is 5.16 Å². The van der Waals surface area contributed by atoms with Gasteiger partial charge in [-0.1, -0.05) is 24.2 Å². The molecule has 0 aliphatic carbocycles. The van der Waals surface area contributed by atoms with Crippen molar-refractivity contribution in [2.45, 2.75) is 26.3 Å². The third-order valence-electron chi connectivity index (χ3n) is 2.77. The van der Waals surface area contributed by atoms with Gasteiger partial charge in [-0.15, -0.1) is 0 Å². The first-order chi connectivity index (χ1) is 8.74. The summed E-state index contributed by atoms with van der Waals surface area (Å²) in [4.78, 5) is 0. The van der Waals surface area contributed by atoms with Crippen LogP contribution in [0.3, 0.4) is 0 Å². The molecule has 1 aromatic heterocycles. The maximum absolute atomic E-state index is 5.90. The zero-order valence-electron chi connectivity index (χ0n) is 10.7. The summed E-state index contributed by atoms with van der Waals surface area (Å²) in [6, 6.07) is 9.57. The summed E-state index contributed by atoms with van der Waals surface area (Å²) in [6.07, 6.45) is 0.827. The minimum atomic E-state index is -0.0960. The number of rotatable bonds is 5. The SMILES string of the molecule is CCOc1cccc(-c2cc(C(N)CC)on2)c1. The summed E-state index contributed by atoms with van der Waals surface area (Å²) in [5.41, 5.74) is 7.66. The Bertz CT molecular complexity index is 508. The minimum absolute atomic E-state index is 0.0960. The highest BCUT2D eigenvalue weighted by atomic mass is 16.5. The van der Waals surface area contributed by atoms with E-state index in [0.717, 1.165) is 23.4 Å². The van der Waals surface area contributed by atoms with Gasteiger partial charge in [0.05, 0.1) is 12.6 Å². The topological polar surface area (TPSA) is 61.3 Å². The largest absolute Gasteiger partial charge is 0.494 e. The molecule has 4 heteroatoms. The molecule has 1 aromatic carbocycles. The Kier molecular flexibility index (Phi) is 3.99. The fourth-order valence-corrected chi connectivity index (χ4v) is 1.71. The molecule has 2 N–H and O–H groups in total. The second-order valence-electron chi connectivity index (χ2n) is 4.09. The van der Waals surface area contributed by atoms with Crippen LogP contribution in [0.2, 0.25) is 0 Å².